The van der Waals surface area contributed by atoms with E-state index in [1.54, 1.807) is 0 Å². The van der Waals surface area contributed by atoms with Gasteiger partial charge >= 0.3 is 0 Å². The number of halogens is 1. The first kappa shape index (κ1) is 14.1. The van der Waals surface area contributed by atoms with Crippen LogP contribution in [-0.2, 0) is 19.9 Å². The van der Waals surface area contributed by atoms with Gasteiger partial charge in [0.1, 0.15) is 0 Å². The lowest BCUT2D eigenvalue weighted by Crippen LogP contribution is -2.33. The molecule has 0 bridgehead atoms. The first-order valence-electron chi connectivity index (χ1n) is 6.63. The predicted octanol–water partition coefficient (Wildman–Crippen LogP) is 2.84. The highest BCUT2D eigenvalue weighted by Crippen LogP contribution is 2.13. The van der Waals surface area contributed by atoms with Crippen LogP contribution < -0.4 is 5.32 Å². The van der Waals surface area contributed by atoms with Crippen LogP contribution in [0.4, 0.5) is 0 Å². The summed E-state index contributed by atoms with van der Waals surface area (Å²) in [6.07, 6.45) is 3.88. The van der Waals surface area contributed by atoms with E-state index in [2.05, 4.69) is 29.5 Å². The number of aromatic nitrogens is 2. The highest BCUT2D eigenvalue weighted by Gasteiger charge is 2.11. The molecule has 0 saturated carbocycles. The van der Waals surface area contributed by atoms with Gasteiger partial charge in [0.25, 0.3) is 0 Å². The Labute approximate surface area is 119 Å². The smallest absolute Gasteiger partial charge is 0.0640 e. The van der Waals surface area contributed by atoms with Crippen LogP contribution in [0.15, 0.2) is 36.5 Å². The standard InChI is InChI=1S/C15H20ClN3/c1-3-17-15(11-14-7-8-19(2)18-14)10-12-5-4-6-13(16)9-12/h4-9,15,17H,3,10-11H2,1-2H3. The van der Waals surface area contributed by atoms with E-state index in [9.17, 15) is 0 Å². The molecule has 0 saturated heterocycles. The number of benzene rings is 1. The van der Waals surface area contributed by atoms with Crippen molar-refractivity contribution in [1.29, 1.82) is 0 Å². The third-order valence-corrected chi connectivity index (χ3v) is 3.32. The molecule has 0 spiro atoms. The summed E-state index contributed by atoms with van der Waals surface area (Å²) in [7, 11) is 1.95. The monoisotopic (exact) mass is 277 g/mol. The summed E-state index contributed by atoms with van der Waals surface area (Å²) >= 11 is 6.03. The fraction of sp³-hybridized carbons (Fsp3) is 0.400. The average molecular weight is 278 g/mol. The van der Waals surface area contributed by atoms with Crippen molar-refractivity contribution in [3.63, 3.8) is 0 Å². The highest BCUT2D eigenvalue weighted by atomic mass is 35.5. The molecule has 0 fully saturated rings. The van der Waals surface area contributed by atoms with Crippen molar-refractivity contribution in [3.05, 3.63) is 52.8 Å². The van der Waals surface area contributed by atoms with E-state index >= 15 is 0 Å². The Morgan fingerprint density at radius 2 is 2.16 bits per heavy atom. The van der Waals surface area contributed by atoms with Crippen molar-refractivity contribution in [3.8, 4) is 0 Å². The number of aryl methyl sites for hydroxylation is 1. The molecule has 1 atom stereocenters. The van der Waals surface area contributed by atoms with E-state index < -0.39 is 0 Å². The quantitative estimate of drug-likeness (QED) is 0.880. The predicted molar refractivity (Wildman–Crippen MR) is 79.5 cm³/mol. The van der Waals surface area contributed by atoms with E-state index in [1.807, 2.05) is 36.1 Å². The molecule has 0 aliphatic carbocycles. The molecule has 2 aromatic rings. The molecule has 2 rings (SSSR count). The summed E-state index contributed by atoms with van der Waals surface area (Å²) in [4.78, 5) is 0. The van der Waals surface area contributed by atoms with Crippen LogP contribution in [0.2, 0.25) is 5.02 Å². The summed E-state index contributed by atoms with van der Waals surface area (Å²) in [6, 6.07) is 10.5. The van der Waals surface area contributed by atoms with Crippen molar-refractivity contribution in [2.24, 2.45) is 7.05 Å². The topological polar surface area (TPSA) is 29.9 Å². The Morgan fingerprint density at radius 3 is 2.79 bits per heavy atom. The second-order valence-electron chi connectivity index (χ2n) is 4.77. The molecular weight excluding hydrogens is 258 g/mol. The molecule has 4 heteroatoms. The summed E-state index contributed by atoms with van der Waals surface area (Å²) in [5, 5.41) is 8.76. The van der Waals surface area contributed by atoms with Crippen molar-refractivity contribution in [2.75, 3.05) is 6.54 Å². The second-order valence-corrected chi connectivity index (χ2v) is 5.21. The van der Waals surface area contributed by atoms with Crippen molar-refractivity contribution in [1.82, 2.24) is 15.1 Å². The average Bonchev–Trinajstić information content (AvgIpc) is 2.75. The van der Waals surface area contributed by atoms with E-state index in [-0.39, 0.29) is 0 Å². The molecule has 1 heterocycles. The van der Waals surface area contributed by atoms with Gasteiger partial charge in [-0.25, -0.2) is 0 Å². The van der Waals surface area contributed by atoms with Gasteiger partial charge < -0.3 is 5.32 Å². The first-order chi connectivity index (χ1) is 9.17. The summed E-state index contributed by atoms with van der Waals surface area (Å²) in [5.41, 5.74) is 2.38. The van der Waals surface area contributed by atoms with Crippen LogP contribution in [0, 0.1) is 0 Å². The Morgan fingerprint density at radius 1 is 1.32 bits per heavy atom. The molecule has 1 unspecified atom stereocenters. The van der Waals surface area contributed by atoms with Gasteiger partial charge in [0, 0.05) is 30.7 Å². The number of hydrogen-bond donors (Lipinski definition) is 1. The van der Waals surface area contributed by atoms with Crippen molar-refractivity contribution in [2.45, 2.75) is 25.8 Å². The summed E-state index contributed by atoms with van der Waals surface area (Å²) in [6.45, 7) is 3.08. The molecule has 1 aromatic carbocycles. The van der Waals surface area contributed by atoms with E-state index in [4.69, 9.17) is 11.6 Å². The number of nitrogens with one attached hydrogen (secondary N) is 1. The number of nitrogens with zero attached hydrogens (tertiary/aromatic N) is 2. The molecule has 0 amide bonds. The van der Waals surface area contributed by atoms with E-state index in [0.29, 0.717) is 6.04 Å². The third kappa shape index (κ3) is 4.37. The molecule has 0 aliphatic heterocycles. The van der Waals surface area contributed by atoms with Crippen LogP contribution in [0.5, 0.6) is 0 Å². The van der Waals surface area contributed by atoms with Gasteiger partial charge in [-0.2, -0.15) is 5.10 Å². The minimum atomic E-state index is 0.387. The number of hydrogen-bond acceptors (Lipinski definition) is 2. The number of likely N-dealkylation sites (N-methyl/N-ethyl adjacent to an activating group) is 1. The van der Waals surface area contributed by atoms with Gasteiger partial charge in [0.2, 0.25) is 0 Å². The normalized spacial score (nSPS) is 12.6. The molecule has 1 N–H and O–H groups in total. The van der Waals surface area contributed by atoms with Crippen LogP contribution in [-0.4, -0.2) is 22.4 Å². The van der Waals surface area contributed by atoms with Gasteiger partial charge in [-0.05, 0) is 36.7 Å². The molecule has 0 radical (unpaired) electrons. The van der Waals surface area contributed by atoms with Gasteiger partial charge in [0.05, 0.1) is 5.69 Å². The molecule has 19 heavy (non-hydrogen) atoms. The molecule has 102 valence electrons. The fourth-order valence-corrected chi connectivity index (χ4v) is 2.49. The van der Waals surface area contributed by atoms with Gasteiger partial charge in [-0.3, -0.25) is 4.68 Å². The first-order valence-corrected chi connectivity index (χ1v) is 7.01. The highest BCUT2D eigenvalue weighted by molar-refractivity contribution is 6.30. The van der Waals surface area contributed by atoms with Crippen molar-refractivity contribution >= 4 is 11.6 Å². The second kappa shape index (κ2) is 6.73. The van der Waals surface area contributed by atoms with Gasteiger partial charge in [-0.15, -0.1) is 0 Å². The minimum absolute atomic E-state index is 0.387. The van der Waals surface area contributed by atoms with E-state index in [0.717, 1.165) is 30.1 Å². The van der Waals surface area contributed by atoms with Crippen LogP contribution in [0.1, 0.15) is 18.2 Å². The van der Waals surface area contributed by atoms with Crippen LogP contribution >= 0.6 is 11.6 Å². The molecule has 0 aliphatic rings. The number of rotatable bonds is 6. The van der Waals surface area contributed by atoms with Crippen molar-refractivity contribution < 1.29 is 0 Å². The Bertz CT molecular complexity index is 522. The van der Waals surface area contributed by atoms with E-state index in [1.165, 1.54) is 5.56 Å². The lowest BCUT2D eigenvalue weighted by molar-refractivity contribution is 0.513. The maximum Gasteiger partial charge on any atom is 0.0640 e. The van der Waals surface area contributed by atoms with Crippen LogP contribution in [0.3, 0.4) is 0 Å². The summed E-state index contributed by atoms with van der Waals surface area (Å²) in [5.74, 6) is 0. The zero-order chi connectivity index (χ0) is 13.7. The SMILES string of the molecule is CCNC(Cc1cccc(Cl)c1)Cc1ccn(C)n1. The maximum atomic E-state index is 6.03. The Hall–Kier alpha value is -1.32. The van der Waals surface area contributed by atoms with Crippen LogP contribution in [0.25, 0.3) is 0 Å². The largest absolute Gasteiger partial charge is 0.314 e. The molecule has 3 nitrogen and oxygen atoms in total. The Balaban J connectivity index is 2.03. The Kier molecular flexibility index (Phi) is 5.00. The third-order valence-electron chi connectivity index (χ3n) is 3.09. The lowest BCUT2D eigenvalue weighted by Gasteiger charge is -2.17. The maximum absolute atomic E-state index is 6.03. The fourth-order valence-electron chi connectivity index (χ4n) is 2.28. The zero-order valence-electron chi connectivity index (χ0n) is 11.4. The van der Waals surface area contributed by atoms with Gasteiger partial charge in [-0.1, -0.05) is 30.7 Å². The summed E-state index contributed by atoms with van der Waals surface area (Å²) < 4.78 is 1.84. The zero-order valence-corrected chi connectivity index (χ0v) is 12.2. The van der Waals surface area contributed by atoms with Gasteiger partial charge in [0.15, 0.2) is 0 Å². The molecular formula is C15H20ClN3. The minimum Gasteiger partial charge on any atom is -0.314 e. The molecule has 1 aromatic heterocycles. The lowest BCUT2D eigenvalue weighted by atomic mass is 10.0.